The summed E-state index contributed by atoms with van der Waals surface area (Å²) in [5.74, 6) is -3.09. The highest BCUT2D eigenvalue weighted by atomic mass is 35.5. The molecule has 1 aliphatic heterocycles. The zero-order valence-corrected chi connectivity index (χ0v) is 14.0. The normalized spacial score (nSPS) is 17.5. The average Bonchev–Trinajstić information content (AvgIpc) is 2.79. The molecule has 0 bridgehead atoms. The molecule has 126 valence electrons. The number of carboxylic acids is 1. The molecule has 0 fully saturated rings. The molecule has 1 heterocycles. The summed E-state index contributed by atoms with van der Waals surface area (Å²) in [5.41, 5.74) is 0.734. The zero-order chi connectivity index (χ0) is 17.4. The van der Waals surface area contributed by atoms with E-state index in [1.807, 2.05) is 0 Å². The van der Waals surface area contributed by atoms with Gasteiger partial charge >= 0.3 is 5.97 Å². The second-order valence-corrected chi connectivity index (χ2v) is 6.95. The number of hydrogen-bond donors (Lipinski definition) is 1. The molecule has 3 rings (SSSR count). The standard InChI is InChI=1S/C16H13ClFNO4S/c17-10-5-11(18)12(6-13(10)24-7-14(20)21)19-15(22)8-3-1-2-4-9(8)16(19)23/h5-6H,1-4,7H2,(H,20,21). The fraction of sp³-hybridized carbons (Fsp3) is 0.312. The first kappa shape index (κ1) is 17.0. The number of hydrogen-bond acceptors (Lipinski definition) is 4. The number of halogens is 2. The number of anilines is 1. The molecule has 0 spiro atoms. The van der Waals surface area contributed by atoms with Crippen LogP contribution in [-0.2, 0) is 14.4 Å². The Bertz CT molecular complexity index is 765. The van der Waals surface area contributed by atoms with E-state index in [4.69, 9.17) is 16.7 Å². The van der Waals surface area contributed by atoms with Gasteiger partial charge < -0.3 is 5.11 Å². The molecule has 0 unspecified atom stereocenters. The number of thioether (sulfide) groups is 1. The molecular formula is C16H13ClFNO4S. The highest BCUT2D eigenvalue weighted by Gasteiger charge is 2.40. The molecule has 0 atom stereocenters. The summed E-state index contributed by atoms with van der Waals surface area (Å²) < 4.78 is 14.3. The van der Waals surface area contributed by atoms with Crippen LogP contribution in [0.15, 0.2) is 28.2 Å². The maximum atomic E-state index is 14.3. The summed E-state index contributed by atoms with van der Waals surface area (Å²) in [6.45, 7) is 0. The topological polar surface area (TPSA) is 74.7 Å². The SMILES string of the molecule is O=C(O)CSc1cc(N2C(=O)C3=C(CCCC3)C2=O)c(F)cc1Cl. The summed E-state index contributed by atoms with van der Waals surface area (Å²) in [5, 5.41) is 8.80. The van der Waals surface area contributed by atoms with Crippen molar-refractivity contribution >= 4 is 46.8 Å². The van der Waals surface area contributed by atoms with E-state index in [0.29, 0.717) is 28.9 Å². The molecule has 1 aliphatic carbocycles. The van der Waals surface area contributed by atoms with E-state index in [1.165, 1.54) is 6.07 Å². The van der Waals surface area contributed by atoms with Crippen molar-refractivity contribution in [1.82, 2.24) is 0 Å². The van der Waals surface area contributed by atoms with Gasteiger partial charge in [-0.25, -0.2) is 9.29 Å². The van der Waals surface area contributed by atoms with Gasteiger partial charge in [0.05, 0.1) is 16.5 Å². The molecule has 2 aliphatic rings. The Hall–Kier alpha value is -1.86. The number of imide groups is 1. The number of rotatable bonds is 4. The number of amides is 2. The Kier molecular flexibility index (Phi) is 4.64. The molecule has 5 nitrogen and oxygen atoms in total. The molecule has 0 aromatic heterocycles. The van der Waals surface area contributed by atoms with Gasteiger partial charge in [0.25, 0.3) is 11.8 Å². The lowest BCUT2D eigenvalue weighted by Gasteiger charge is -2.17. The Morgan fingerprint density at radius 3 is 2.33 bits per heavy atom. The second-order valence-electron chi connectivity index (χ2n) is 5.53. The molecule has 24 heavy (non-hydrogen) atoms. The van der Waals surface area contributed by atoms with Gasteiger partial charge in [-0.2, -0.15) is 0 Å². The lowest BCUT2D eigenvalue weighted by Crippen LogP contribution is -2.32. The van der Waals surface area contributed by atoms with Crippen LogP contribution in [0.2, 0.25) is 5.02 Å². The predicted molar refractivity (Wildman–Crippen MR) is 87.8 cm³/mol. The predicted octanol–water partition coefficient (Wildman–Crippen LogP) is 3.40. The first-order chi connectivity index (χ1) is 11.4. The van der Waals surface area contributed by atoms with Crippen molar-refractivity contribution in [2.24, 2.45) is 0 Å². The summed E-state index contributed by atoms with van der Waals surface area (Å²) in [6, 6.07) is 2.26. The van der Waals surface area contributed by atoms with E-state index in [1.54, 1.807) is 0 Å². The summed E-state index contributed by atoms with van der Waals surface area (Å²) in [6.07, 6.45) is 2.70. The van der Waals surface area contributed by atoms with Gasteiger partial charge in [0, 0.05) is 16.0 Å². The lowest BCUT2D eigenvalue weighted by atomic mass is 9.93. The van der Waals surface area contributed by atoms with Crippen LogP contribution < -0.4 is 4.90 Å². The van der Waals surface area contributed by atoms with Gasteiger partial charge in [0.2, 0.25) is 0 Å². The molecule has 0 saturated heterocycles. The van der Waals surface area contributed by atoms with Crippen molar-refractivity contribution in [3.8, 4) is 0 Å². The first-order valence-corrected chi connectivity index (χ1v) is 8.71. The maximum Gasteiger partial charge on any atom is 0.313 e. The minimum atomic E-state index is -1.05. The van der Waals surface area contributed by atoms with E-state index in [2.05, 4.69) is 0 Å². The number of aliphatic carboxylic acids is 1. The number of benzene rings is 1. The van der Waals surface area contributed by atoms with Gasteiger partial charge in [0.1, 0.15) is 5.82 Å². The molecule has 0 saturated carbocycles. The van der Waals surface area contributed by atoms with E-state index in [9.17, 15) is 18.8 Å². The lowest BCUT2D eigenvalue weighted by molar-refractivity contribution is -0.134. The highest BCUT2D eigenvalue weighted by Crippen LogP contribution is 2.39. The minimum absolute atomic E-state index is 0.0410. The van der Waals surface area contributed by atoms with Crippen LogP contribution >= 0.6 is 23.4 Å². The summed E-state index contributed by atoms with van der Waals surface area (Å²) in [7, 11) is 0. The smallest absolute Gasteiger partial charge is 0.313 e. The Balaban J connectivity index is 1.97. The number of nitrogens with zero attached hydrogens (tertiary/aromatic N) is 1. The van der Waals surface area contributed by atoms with Crippen molar-refractivity contribution in [1.29, 1.82) is 0 Å². The van der Waals surface area contributed by atoms with Crippen molar-refractivity contribution in [3.63, 3.8) is 0 Å². The minimum Gasteiger partial charge on any atom is -0.481 e. The van der Waals surface area contributed by atoms with E-state index < -0.39 is 23.6 Å². The number of carbonyl (C=O) groups is 3. The summed E-state index contributed by atoms with van der Waals surface area (Å²) >= 11 is 6.84. The van der Waals surface area contributed by atoms with E-state index in [-0.39, 0.29) is 16.5 Å². The van der Waals surface area contributed by atoms with Crippen molar-refractivity contribution in [2.45, 2.75) is 30.6 Å². The fourth-order valence-electron chi connectivity index (χ4n) is 2.90. The van der Waals surface area contributed by atoms with Crippen LogP contribution in [0.5, 0.6) is 0 Å². The third kappa shape index (κ3) is 2.93. The van der Waals surface area contributed by atoms with Crippen LogP contribution in [0.1, 0.15) is 25.7 Å². The maximum absolute atomic E-state index is 14.3. The third-order valence-corrected chi connectivity index (χ3v) is 5.45. The van der Waals surface area contributed by atoms with Gasteiger partial charge in [0.15, 0.2) is 0 Å². The largest absolute Gasteiger partial charge is 0.481 e. The van der Waals surface area contributed by atoms with Crippen LogP contribution in [-0.4, -0.2) is 28.6 Å². The van der Waals surface area contributed by atoms with Crippen LogP contribution in [0.3, 0.4) is 0 Å². The molecule has 1 aromatic rings. The van der Waals surface area contributed by atoms with Crippen molar-refractivity contribution in [2.75, 3.05) is 10.7 Å². The first-order valence-electron chi connectivity index (χ1n) is 7.34. The third-order valence-electron chi connectivity index (χ3n) is 3.98. The van der Waals surface area contributed by atoms with Gasteiger partial charge in [-0.3, -0.25) is 14.4 Å². The Morgan fingerprint density at radius 2 is 1.79 bits per heavy atom. The second kappa shape index (κ2) is 6.57. The van der Waals surface area contributed by atoms with Crippen LogP contribution in [0.25, 0.3) is 0 Å². The van der Waals surface area contributed by atoms with Crippen molar-refractivity contribution < 1.29 is 23.9 Å². The molecular weight excluding hydrogens is 357 g/mol. The molecule has 8 heteroatoms. The molecule has 2 amide bonds. The highest BCUT2D eigenvalue weighted by molar-refractivity contribution is 8.00. The van der Waals surface area contributed by atoms with Gasteiger partial charge in [-0.15, -0.1) is 11.8 Å². The number of carbonyl (C=O) groups excluding carboxylic acids is 2. The average molecular weight is 370 g/mol. The van der Waals surface area contributed by atoms with E-state index in [0.717, 1.165) is 35.6 Å². The Labute approximate surface area is 146 Å². The fourth-order valence-corrected chi connectivity index (χ4v) is 3.88. The van der Waals surface area contributed by atoms with E-state index >= 15 is 0 Å². The van der Waals surface area contributed by atoms with Crippen molar-refractivity contribution in [3.05, 3.63) is 34.1 Å². The molecule has 0 radical (unpaired) electrons. The van der Waals surface area contributed by atoms with Crippen LogP contribution in [0, 0.1) is 5.82 Å². The zero-order valence-electron chi connectivity index (χ0n) is 12.5. The monoisotopic (exact) mass is 369 g/mol. The van der Waals surface area contributed by atoms with Gasteiger partial charge in [-0.1, -0.05) is 11.6 Å². The molecule has 1 N–H and O–H groups in total. The molecule has 1 aromatic carbocycles. The number of carboxylic acid groups (broad SMARTS) is 1. The quantitative estimate of drug-likeness (QED) is 0.650. The van der Waals surface area contributed by atoms with Crippen LogP contribution in [0.4, 0.5) is 10.1 Å². The Morgan fingerprint density at radius 1 is 1.21 bits per heavy atom. The summed E-state index contributed by atoms with van der Waals surface area (Å²) in [4.78, 5) is 36.9. The van der Waals surface area contributed by atoms with Gasteiger partial charge in [-0.05, 0) is 37.8 Å².